The Balaban J connectivity index is 1.44. The molecule has 1 aliphatic heterocycles. The number of nitrogens with zero attached hydrogens (tertiary/aromatic N) is 3. The average molecular weight is 371 g/mol. The van der Waals surface area contributed by atoms with E-state index in [0.29, 0.717) is 11.5 Å². The van der Waals surface area contributed by atoms with E-state index in [0.717, 1.165) is 48.7 Å². The van der Waals surface area contributed by atoms with Crippen molar-refractivity contribution in [2.75, 3.05) is 13.1 Å². The summed E-state index contributed by atoms with van der Waals surface area (Å²) in [5.74, 6) is 1.73. The quantitative estimate of drug-likeness (QED) is 0.634. The second-order valence-electron chi connectivity index (χ2n) is 8.51. The van der Waals surface area contributed by atoms with Gasteiger partial charge in [-0.15, -0.1) is 0 Å². The van der Waals surface area contributed by atoms with Crippen molar-refractivity contribution >= 4 is 11.0 Å². The number of aromatic nitrogens is 2. The summed E-state index contributed by atoms with van der Waals surface area (Å²) in [6.45, 7) is 10.4. The lowest BCUT2D eigenvalue weighted by Gasteiger charge is -2.34. The first-order valence-corrected chi connectivity index (χ1v) is 9.58. The minimum Gasteiger partial charge on any atom is -0.443 e. The zero-order valence-corrected chi connectivity index (χ0v) is 16.3. The molecule has 1 atom stereocenters. The third-order valence-corrected chi connectivity index (χ3v) is 5.55. The Bertz CT molecular complexity index is 932. The maximum Gasteiger partial charge on any atom is 0.211 e. The summed E-state index contributed by atoms with van der Waals surface area (Å²) in [6.07, 6.45) is 3.81. The van der Waals surface area contributed by atoms with Gasteiger partial charge in [0.05, 0.1) is 17.9 Å². The standard InChI is InChI=1S/C21H26FN3O2/c1-13(20-23-12-18(26-20)21(2,3)4)25-9-7-14(8-10-25)19-16-6-5-15(22)11-17(16)27-24-19/h5-6,11-14H,7-10H2,1-4H3. The minimum absolute atomic E-state index is 0.0363. The van der Waals surface area contributed by atoms with Crippen molar-refractivity contribution in [1.29, 1.82) is 0 Å². The molecule has 3 aromatic rings. The maximum atomic E-state index is 13.4. The summed E-state index contributed by atoms with van der Waals surface area (Å²) in [7, 11) is 0. The van der Waals surface area contributed by atoms with Crippen LogP contribution in [0.3, 0.4) is 0 Å². The number of fused-ring (bicyclic) bond motifs is 1. The highest BCUT2D eigenvalue weighted by atomic mass is 19.1. The van der Waals surface area contributed by atoms with Crippen LogP contribution in [0.4, 0.5) is 4.39 Å². The highest BCUT2D eigenvalue weighted by Crippen LogP contribution is 2.35. The van der Waals surface area contributed by atoms with E-state index in [2.05, 4.69) is 42.7 Å². The van der Waals surface area contributed by atoms with Crippen LogP contribution in [-0.4, -0.2) is 28.1 Å². The molecular formula is C21H26FN3O2. The fourth-order valence-electron chi connectivity index (χ4n) is 3.77. The molecule has 0 bridgehead atoms. The fourth-order valence-corrected chi connectivity index (χ4v) is 3.77. The zero-order valence-electron chi connectivity index (χ0n) is 16.3. The lowest BCUT2D eigenvalue weighted by molar-refractivity contribution is 0.138. The summed E-state index contributed by atoms with van der Waals surface area (Å²) >= 11 is 0. The van der Waals surface area contributed by atoms with Gasteiger partial charge in [-0.1, -0.05) is 25.9 Å². The van der Waals surface area contributed by atoms with Crippen LogP contribution in [0.15, 0.2) is 33.3 Å². The number of halogens is 1. The molecule has 0 saturated carbocycles. The van der Waals surface area contributed by atoms with Crippen molar-refractivity contribution in [3.05, 3.63) is 47.6 Å². The predicted molar refractivity (Wildman–Crippen MR) is 101 cm³/mol. The first kappa shape index (κ1) is 18.2. The summed E-state index contributed by atoms with van der Waals surface area (Å²) in [5.41, 5.74) is 1.43. The SMILES string of the molecule is CC(c1ncc(C(C)(C)C)o1)N1CCC(c2noc3cc(F)ccc23)CC1. The number of piperidine rings is 1. The van der Waals surface area contributed by atoms with Crippen LogP contribution in [0, 0.1) is 5.82 Å². The molecule has 5 nitrogen and oxygen atoms in total. The Kier molecular flexibility index (Phi) is 4.54. The number of benzene rings is 1. The van der Waals surface area contributed by atoms with Crippen LogP contribution in [0.1, 0.15) is 69.8 Å². The van der Waals surface area contributed by atoms with Crippen molar-refractivity contribution in [3.63, 3.8) is 0 Å². The molecule has 1 unspecified atom stereocenters. The van der Waals surface area contributed by atoms with E-state index >= 15 is 0 Å². The number of hydrogen-bond acceptors (Lipinski definition) is 5. The minimum atomic E-state index is -0.297. The number of likely N-dealkylation sites (tertiary alicyclic amines) is 1. The van der Waals surface area contributed by atoms with Gasteiger partial charge in [0.2, 0.25) is 5.89 Å². The number of hydrogen-bond donors (Lipinski definition) is 0. The van der Waals surface area contributed by atoms with Crippen molar-refractivity contribution in [2.45, 2.75) is 57.9 Å². The molecule has 3 heterocycles. The van der Waals surface area contributed by atoms with Crippen molar-refractivity contribution in [2.24, 2.45) is 0 Å². The van der Waals surface area contributed by atoms with Gasteiger partial charge in [0.15, 0.2) is 5.58 Å². The lowest BCUT2D eigenvalue weighted by Crippen LogP contribution is -2.35. The molecule has 0 aliphatic carbocycles. The van der Waals surface area contributed by atoms with Crippen molar-refractivity contribution in [1.82, 2.24) is 15.0 Å². The van der Waals surface area contributed by atoms with Crippen LogP contribution >= 0.6 is 0 Å². The summed E-state index contributed by atoms with van der Waals surface area (Å²) < 4.78 is 24.7. The first-order valence-electron chi connectivity index (χ1n) is 9.58. The van der Waals surface area contributed by atoms with E-state index in [1.165, 1.54) is 12.1 Å². The van der Waals surface area contributed by atoms with Crippen LogP contribution in [0.2, 0.25) is 0 Å². The third-order valence-electron chi connectivity index (χ3n) is 5.55. The van der Waals surface area contributed by atoms with Crippen LogP contribution in [0.25, 0.3) is 11.0 Å². The van der Waals surface area contributed by atoms with Gasteiger partial charge in [-0.2, -0.15) is 0 Å². The van der Waals surface area contributed by atoms with Crippen molar-refractivity contribution < 1.29 is 13.3 Å². The number of rotatable bonds is 3. The molecule has 144 valence electrons. The van der Waals surface area contributed by atoms with E-state index in [1.807, 2.05) is 6.20 Å². The van der Waals surface area contributed by atoms with E-state index in [9.17, 15) is 4.39 Å². The van der Waals surface area contributed by atoms with Gasteiger partial charge < -0.3 is 8.94 Å². The molecule has 27 heavy (non-hydrogen) atoms. The fraction of sp³-hybridized carbons (Fsp3) is 0.524. The molecule has 1 aromatic carbocycles. The van der Waals surface area contributed by atoms with E-state index < -0.39 is 0 Å². The Hall–Kier alpha value is -2.21. The predicted octanol–water partition coefficient (Wildman–Crippen LogP) is 5.19. The van der Waals surface area contributed by atoms with Crippen LogP contribution in [-0.2, 0) is 5.41 Å². The van der Waals surface area contributed by atoms with Gasteiger partial charge in [-0.25, -0.2) is 9.37 Å². The second-order valence-corrected chi connectivity index (χ2v) is 8.51. The van der Waals surface area contributed by atoms with Gasteiger partial charge in [-0.05, 0) is 45.0 Å². The Morgan fingerprint density at radius 3 is 2.63 bits per heavy atom. The molecule has 1 aliphatic rings. The van der Waals surface area contributed by atoms with Gasteiger partial charge in [0.1, 0.15) is 11.6 Å². The highest BCUT2D eigenvalue weighted by Gasteiger charge is 2.30. The summed E-state index contributed by atoms with van der Waals surface area (Å²) in [6, 6.07) is 4.78. The van der Waals surface area contributed by atoms with Gasteiger partial charge in [-0.3, -0.25) is 4.90 Å². The first-order chi connectivity index (χ1) is 12.8. The molecule has 2 aromatic heterocycles. The molecule has 1 saturated heterocycles. The van der Waals surface area contributed by atoms with Crippen LogP contribution in [0.5, 0.6) is 0 Å². The van der Waals surface area contributed by atoms with Crippen molar-refractivity contribution in [3.8, 4) is 0 Å². The topological polar surface area (TPSA) is 55.3 Å². The molecule has 1 fully saturated rings. The summed E-state index contributed by atoms with van der Waals surface area (Å²) in [5, 5.41) is 5.15. The number of oxazole rings is 1. The second kappa shape index (κ2) is 6.75. The normalized spacial score (nSPS) is 18.3. The zero-order chi connectivity index (χ0) is 19.2. The van der Waals surface area contributed by atoms with E-state index in [4.69, 9.17) is 8.94 Å². The smallest absolute Gasteiger partial charge is 0.211 e. The lowest BCUT2D eigenvalue weighted by atomic mass is 9.91. The average Bonchev–Trinajstić information content (AvgIpc) is 3.28. The molecule has 0 N–H and O–H groups in total. The monoisotopic (exact) mass is 371 g/mol. The highest BCUT2D eigenvalue weighted by molar-refractivity contribution is 5.79. The molecule has 0 radical (unpaired) electrons. The van der Waals surface area contributed by atoms with Gasteiger partial charge in [0.25, 0.3) is 0 Å². The van der Waals surface area contributed by atoms with Crippen LogP contribution < -0.4 is 0 Å². The molecule has 4 rings (SSSR count). The third kappa shape index (κ3) is 3.50. The molecular weight excluding hydrogens is 345 g/mol. The Morgan fingerprint density at radius 2 is 1.96 bits per heavy atom. The van der Waals surface area contributed by atoms with E-state index in [1.54, 1.807) is 6.07 Å². The Labute approximate surface area is 158 Å². The molecule has 6 heteroatoms. The summed E-state index contributed by atoms with van der Waals surface area (Å²) in [4.78, 5) is 6.90. The van der Waals surface area contributed by atoms with Gasteiger partial charge >= 0.3 is 0 Å². The maximum absolute atomic E-state index is 13.4. The molecule has 0 spiro atoms. The van der Waals surface area contributed by atoms with E-state index in [-0.39, 0.29) is 17.3 Å². The van der Waals surface area contributed by atoms with Gasteiger partial charge in [0, 0.05) is 22.8 Å². The largest absolute Gasteiger partial charge is 0.443 e. The Morgan fingerprint density at radius 1 is 1.22 bits per heavy atom. The molecule has 0 amide bonds.